The molecule has 3 rings (SSSR count). The Labute approximate surface area is 145 Å². The third-order valence-corrected chi connectivity index (χ3v) is 4.32. The Morgan fingerprint density at radius 2 is 1.92 bits per heavy atom. The van der Waals surface area contributed by atoms with Crippen LogP contribution in [0, 0.1) is 11.6 Å². The summed E-state index contributed by atoms with van der Waals surface area (Å²) >= 11 is 0. The molecule has 6 heteroatoms. The van der Waals surface area contributed by atoms with Gasteiger partial charge in [-0.25, -0.2) is 8.78 Å². The van der Waals surface area contributed by atoms with Gasteiger partial charge in [-0.15, -0.1) is 0 Å². The van der Waals surface area contributed by atoms with Gasteiger partial charge in [-0.3, -0.25) is 9.69 Å². The summed E-state index contributed by atoms with van der Waals surface area (Å²) in [5.74, 6) is -0.805. The zero-order valence-corrected chi connectivity index (χ0v) is 13.8. The molecule has 132 valence electrons. The lowest BCUT2D eigenvalue weighted by atomic mass is 10.0. The second kappa shape index (κ2) is 8.18. The van der Waals surface area contributed by atoms with E-state index in [2.05, 4.69) is 15.5 Å². The number of amides is 1. The number of carbonyl (C=O) groups is 1. The van der Waals surface area contributed by atoms with Gasteiger partial charge in [0, 0.05) is 44.3 Å². The van der Waals surface area contributed by atoms with E-state index in [4.69, 9.17) is 0 Å². The van der Waals surface area contributed by atoms with Crippen LogP contribution < -0.4 is 10.6 Å². The molecule has 1 amide bonds. The molecule has 1 atom stereocenters. The molecule has 2 aromatic carbocycles. The number of piperazine rings is 1. The smallest absolute Gasteiger partial charge is 0.225 e. The molecular weight excluding hydrogens is 324 g/mol. The van der Waals surface area contributed by atoms with E-state index in [0.717, 1.165) is 25.2 Å². The van der Waals surface area contributed by atoms with Gasteiger partial charge in [-0.1, -0.05) is 18.2 Å². The molecule has 0 bridgehead atoms. The zero-order valence-electron chi connectivity index (χ0n) is 13.8. The molecule has 2 N–H and O–H groups in total. The molecule has 25 heavy (non-hydrogen) atoms. The van der Waals surface area contributed by atoms with E-state index < -0.39 is 0 Å². The highest BCUT2D eigenvalue weighted by Gasteiger charge is 2.24. The highest BCUT2D eigenvalue weighted by atomic mass is 19.1. The van der Waals surface area contributed by atoms with Crippen LogP contribution in [0.5, 0.6) is 0 Å². The third kappa shape index (κ3) is 4.84. The maximum absolute atomic E-state index is 13.5. The fraction of sp³-hybridized carbons (Fsp3) is 0.316. The van der Waals surface area contributed by atoms with Crippen LogP contribution in [0.15, 0.2) is 48.5 Å². The average Bonchev–Trinajstić information content (AvgIpc) is 2.60. The van der Waals surface area contributed by atoms with Gasteiger partial charge in [0.25, 0.3) is 0 Å². The van der Waals surface area contributed by atoms with Crippen LogP contribution in [0.1, 0.15) is 18.0 Å². The minimum atomic E-state index is -0.383. The van der Waals surface area contributed by atoms with Crippen LogP contribution in [-0.4, -0.2) is 37.0 Å². The van der Waals surface area contributed by atoms with E-state index in [1.54, 1.807) is 18.2 Å². The number of benzene rings is 2. The van der Waals surface area contributed by atoms with Crippen LogP contribution in [0.25, 0.3) is 0 Å². The van der Waals surface area contributed by atoms with Gasteiger partial charge < -0.3 is 10.6 Å². The van der Waals surface area contributed by atoms with Crippen molar-refractivity contribution < 1.29 is 13.6 Å². The number of anilines is 1. The van der Waals surface area contributed by atoms with E-state index in [1.165, 1.54) is 24.3 Å². The van der Waals surface area contributed by atoms with Crippen molar-refractivity contribution >= 4 is 11.6 Å². The van der Waals surface area contributed by atoms with Crippen molar-refractivity contribution in [2.24, 2.45) is 0 Å². The van der Waals surface area contributed by atoms with Gasteiger partial charge in [0.05, 0.1) is 0 Å². The maximum atomic E-state index is 13.5. The van der Waals surface area contributed by atoms with Crippen molar-refractivity contribution in [3.8, 4) is 0 Å². The highest BCUT2D eigenvalue weighted by molar-refractivity contribution is 5.90. The Hall–Kier alpha value is -2.31. The lowest BCUT2D eigenvalue weighted by Gasteiger charge is -2.36. The Morgan fingerprint density at radius 1 is 1.16 bits per heavy atom. The molecule has 1 aliphatic rings. The summed E-state index contributed by atoms with van der Waals surface area (Å²) in [5, 5.41) is 6.01. The molecule has 0 aliphatic carbocycles. The molecule has 1 aliphatic heterocycles. The minimum Gasteiger partial charge on any atom is -0.326 e. The fourth-order valence-electron chi connectivity index (χ4n) is 3.09. The molecule has 0 saturated carbocycles. The topological polar surface area (TPSA) is 44.4 Å². The van der Waals surface area contributed by atoms with Crippen molar-refractivity contribution in [2.45, 2.75) is 12.5 Å². The molecule has 2 aromatic rings. The van der Waals surface area contributed by atoms with E-state index in [0.29, 0.717) is 18.7 Å². The van der Waals surface area contributed by atoms with Crippen LogP contribution in [0.4, 0.5) is 14.5 Å². The van der Waals surface area contributed by atoms with Gasteiger partial charge in [0.1, 0.15) is 11.6 Å². The summed E-state index contributed by atoms with van der Waals surface area (Å²) in [5.41, 5.74) is 1.35. The predicted molar refractivity (Wildman–Crippen MR) is 93.2 cm³/mol. The van der Waals surface area contributed by atoms with E-state index in [1.807, 2.05) is 6.07 Å². The van der Waals surface area contributed by atoms with E-state index in [9.17, 15) is 13.6 Å². The molecule has 1 fully saturated rings. The first-order chi connectivity index (χ1) is 12.1. The van der Waals surface area contributed by atoms with Crippen LogP contribution in [-0.2, 0) is 4.79 Å². The molecule has 1 saturated heterocycles. The fourth-order valence-corrected chi connectivity index (χ4v) is 3.09. The third-order valence-electron chi connectivity index (χ3n) is 4.32. The molecule has 4 nitrogen and oxygen atoms in total. The maximum Gasteiger partial charge on any atom is 0.225 e. The Kier molecular flexibility index (Phi) is 5.73. The van der Waals surface area contributed by atoms with Crippen LogP contribution in [0.3, 0.4) is 0 Å². The highest BCUT2D eigenvalue weighted by Crippen LogP contribution is 2.23. The number of carbonyl (C=O) groups excluding carboxylic acids is 1. The van der Waals surface area contributed by atoms with Crippen molar-refractivity contribution in [3.05, 3.63) is 65.7 Å². The minimum absolute atomic E-state index is 0.0337. The summed E-state index contributed by atoms with van der Waals surface area (Å²) in [6.07, 6.45) is 0.294. The lowest BCUT2D eigenvalue weighted by Crippen LogP contribution is -2.46. The standard InChI is InChI=1S/C19H21F2N3O/c20-15-4-1-3-14(11-15)18-13-22-8-10-24(18)9-7-19(25)23-17-6-2-5-16(21)12-17/h1-6,11-12,18,22H,7-10,13H2,(H,23,25). The monoisotopic (exact) mass is 345 g/mol. The van der Waals surface area contributed by atoms with Crippen LogP contribution >= 0.6 is 0 Å². The first kappa shape index (κ1) is 17.5. The summed E-state index contributed by atoms with van der Waals surface area (Å²) in [6, 6.07) is 12.4. The Morgan fingerprint density at radius 3 is 2.68 bits per heavy atom. The van der Waals surface area contributed by atoms with Crippen molar-refractivity contribution in [1.82, 2.24) is 10.2 Å². The molecule has 0 aromatic heterocycles. The summed E-state index contributed by atoms with van der Waals surface area (Å²) < 4.78 is 26.7. The molecule has 0 radical (unpaired) electrons. The molecule has 0 spiro atoms. The van der Waals surface area contributed by atoms with E-state index in [-0.39, 0.29) is 23.6 Å². The predicted octanol–water partition coefficient (Wildman–Crippen LogP) is 2.94. The quantitative estimate of drug-likeness (QED) is 0.876. The second-order valence-corrected chi connectivity index (χ2v) is 6.12. The summed E-state index contributed by atoms with van der Waals surface area (Å²) in [4.78, 5) is 14.3. The van der Waals surface area contributed by atoms with Gasteiger partial charge in [-0.05, 0) is 35.9 Å². The number of hydrogen-bond acceptors (Lipinski definition) is 3. The van der Waals surface area contributed by atoms with Crippen molar-refractivity contribution in [2.75, 3.05) is 31.5 Å². The Balaban J connectivity index is 1.59. The van der Waals surface area contributed by atoms with Crippen molar-refractivity contribution in [1.29, 1.82) is 0 Å². The number of halogens is 2. The SMILES string of the molecule is O=C(CCN1CCNCC1c1cccc(F)c1)Nc1cccc(F)c1. The second-order valence-electron chi connectivity index (χ2n) is 6.12. The number of hydrogen-bond donors (Lipinski definition) is 2. The Bertz CT molecular complexity index is 738. The van der Waals surface area contributed by atoms with Crippen LogP contribution in [0.2, 0.25) is 0 Å². The summed E-state index contributed by atoms with van der Waals surface area (Å²) in [6.45, 7) is 2.89. The number of rotatable bonds is 5. The van der Waals surface area contributed by atoms with Gasteiger partial charge >= 0.3 is 0 Å². The molecule has 1 unspecified atom stereocenters. The van der Waals surface area contributed by atoms with E-state index >= 15 is 0 Å². The molecule has 1 heterocycles. The van der Waals surface area contributed by atoms with Gasteiger partial charge in [0.2, 0.25) is 5.91 Å². The normalized spacial score (nSPS) is 18.1. The largest absolute Gasteiger partial charge is 0.326 e. The average molecular weight is 345 g/mol. The first-order valence-electron chi connectivity index (χ1n) is 8.37. The van der Waals surface area contributed by atoms with Crippen molar-refractivity contribution in [3.63, 3.8) is 0 Å². The number of nitrogens with zero attached hydrogens (tertiary/aromatic N) is 1. The van der Waals surface area contributed by atoms with Gasteiger partial charge in [-0.2, -0.15) is 0 Å². The lowest BCUT2D eigenvalue weighted by molar-refractivity contribution is -0.116. The summed E-state index contributed by atoms with van der Waals surface area (Å²) in [7, 11) is 0. The van der Waals surface area contributed by atoms with Gasteiger partial charge in [0.15, 0.2) is 0 Å². The number of nitrogens with one attached hydrogen (secondary N) is 2. The first-order valence-corrected chi connectivity index (χ1v) is 8.37. The zero-order chi connectivity index (χ0) is 17.6. The molecular formula is C19H21F2N3O.